The number of non-ortho nitro benzene ring substituents is 1. The summed E-state index contributed by atoms with van der Waals surface area (Å²) in [5.41, 5.74) is 0.508. The number of benzene rings is 1. The van der Waals surface area contributed by atoms with Gasteiger partial charge in [0.2, 0.25) is 0 Å². The van der Waals surface area contributed by atoms with Gasteiger partial charge in [0.05, 0.1) is 4.92 Å². The van der Waals surface area contributed by atoms with Crippen LogP contribution in [0.3, 0.4) is 0 Å². The number of aromatic hydroxyl groups is 1. The molecule has 0 heterocycles. The summed E-state index contributed by atoms with van der Waals surface area (Å²) >= 11 is 3.23. The second-order valence-corrected chi connectivity index (χ2v) is 3.99. The van der Waals surface area contributed by atoms with Crippen LogP contribution in [0, 0.1) is 10.1 Å². The molecule has 5 heteroatoms. The summed E-state index contributed by atoms with van der Waals surface area (Å²) in [6, 6.07) is 3.95. The van der Waals surface area contributed by atoms with Gasteiger partial charge in [-0.15, -0.1) is 0 Å². The Bertz CT molecular complexity index is 338. The van der Waals surface area contributed by atoms with Crippen LogP contribution < -0.4 is 0 Å². The van der Waals surface area contributed by atoms with E-state index in [9.17, 15) is 15.2 Å². The van der Waals surface area contributed by atoms with Gasteiger partial charge in [0.25, 0.3) is 5.69 Å². The van der Waals surface area contributed by atoms with E-state index in [1.807, 2.05) is 0 Å². The number of rotatable bonds is 2. The SMILES string of the molecule is CC(Br)c1cc([N+](=O)[O-])ccc1O. The molecule has 4 nitrogen and oxygen atoms in total. The lowest BCUT2D eigenvalue weighted by Crippen LogP contribution is -1.91. The second kappa shape index (κ2) is 3.74. The average Bonchev–Trinajstić information content (AvgIpc) is 2.04. The lowest BCUT2D eigenvalue weighted by Gasteiger charge is -2.05. The summed E-state index contributed by atoms with van der Waals surface area (Å²) in [7, 11) is 0. The van der Waals surface area contributed by atoms with Crippen LogP contribution in [0.25, 0.3) is 0 Å². The van der Waals surface area contributed by atoms with E-state index in [4.69, 9.17) is 0 Å². The van der Waals surface area contributed by atoms with E-state index in [1.165, 1.54) is 18.2 Å². The maximum absolute atomic E-state index is 10.4. The number of hydrogen-bond acceptors (Lipinski definition) is 3. The second-order valence-electron chi connectivity index (χ2n) is 2.62. The molecule has 0 fully saturated rings. The van der Waals surface area contributed by atoms with E-state index in [0.29, 0.717) is 5.56 Å². The van der Waals surface area contributed by atoms with Gasteiger partial charge in [-0.05, 0) is 13.0 Å². The van der Waals surface area contributed by atoms with Crippen LogP contribution >= 0.6 is 15.9 Å². The molecule has 1 unspecified atom stereocenters. The van der Waals surface area contributed by atoms with Crippen LogP contribution in [0.5, 0.6) is 5.75 Å². The highest BCUT2D eigenvalue weighted by molar-refractivity contribution is 9.09. The highest BCUT2D eigenvalue weighted by atomic mass is 79.9. The molecule has 1 N–H and O–H groups in total. The van der Waals surface area contributed by atoms with Crippen molar-refractivity contribution in [1.29, 1.82) is 0 Å². The van der Waals surface area contributed by atoms with Crippen molar-refractivity contribution in [3.8, 4) is 5.75 Å². The topological polar surface area (TPSA) is 63.4 Å². The molecule has 0 aliphatic heterocycles. The van der Waals surface area contributed by atoms with Crippen molar-refractivity contribution in [2.45, 2.75) is 11.8 Å². The normalized spacial score (nSPS) is 12.5. The molecule has 1 rings (SSSR count). The lowest BCUT2D eigenvalue weighted by atomic mass is 10.1. The van der Waals surface area contributed by atoms with Gasteiger partial charge in [0.15, 0.2) is 0 Å². The molecule has 0 radical (unpaired) electrons. The van der Waals surface area contributed by atoms with Crippen LogP contribution in [0.1, 0.15) is 17.3 Å². The number of phenolic OH excluding ortho intramolecular Hbond substituents is 1. The fourth-order valence-electron chi connectivity index (χ4n) is 0.974. The van der Waals surface area contributed by atoms with E-state index in [2.05, 4.69) is 15.9 Å². The number of hydrogen-bond donors (Lipinski definition) is 1. The molecule has 0 bridgehead atoms. The quantitative estimate of drug-likeness (QED) is 0.495. The first kappa shape index (κ1) is 9.98. The highest BCUT2D eigenvalue weighted by Crippen LogP contribution is 2.32. The molecule has 1 atom stereocenters. The van der Waals surface area contributed by atoms with Crippen LogP contribution in [0.4, 0.5) is 5.69 Å². The Balaban J connectivity index is 3.19. The zero-order valence-electron chi connectivity index (χ0n) is 6.90. The predicted molar refractivity (Wildman–Crippen MR) is 52.1 cm³/mol. The van der Waals surface area contributed by atoms with Crippen molar-refractivity contribution in [3.63, 3.8) is 0 Å². The molecule has 0 saturated carbocycles. The zero-order chi connectivity index (χ0) is 10.0. The summed E-state index contributed by atoms with van der Waals surface area (Å²) < 4.78 is 0. The van der Waals surface area contributed by atoms with Crippen LogP contribution in [0.15, 0.2) is 18.2 Å². The molecule has 70 valence electrons. The first-order valence-electron chi connectivity index (χ1n) is 3.63. The fraction of sp³-hybridized carbons (Fsp3) is 0.250. The molecule has 0 aliphatic carbocycles. The van der Waals surface area contributed by atoms with E-state index in [-0.39, 0.29) is 16.3 Å². The Hall–Kier alpha value is -1.10. The summed E-state index contributed by atoms with van der Waals surface area (Å²) in [4.78, 5) is 9.80. The molecular weight excluding hydrogens is 238 g/mol. The van der Waals surface area contributed by atoms with E-state index in [0.717, 1.165) is 0 Å². The van der Waals surface area contributed by atoms with Crippen LogP contribution in [-0.2, 0) is 0 Å². The number of nitro groups is 1. The first-order chi connectivity index (χ1) is 6.02. The van der Waals surface area contributed by atoms with Gasteiger partial charge in [0, 0.05) is 22.5 Å². The fourth-order valence-corrected chi connectivity index (χ4v) is 1.34. The third-order valence-corrected chi connectivity index (χ3v) is 2.14. The summed E-state index contributed by atoms with van der Waals surface area (Å²) in [6.07, 6.45) is 0. The molecule has 1 aromatic rings. The molecular formula is C8H8BrNO3. The Kier molecular flexibility index (Phi) is 2.87. The Morgan fingerprint density at radius 2 is 2.23 bits per heavy atom. The first-order valence-corrected chi connectivity index (χ1v) is 4.55. The molecule has 13 heavy (non-hydrogen) atoms. The summed E-state index contributed by atoms with van der Waals surface area (Å²) in [6.45, 7) is 1.79. The number of nitro benzene ring substituents is 1. The molecule has 0 saturated heterocycles. The molecule has 0 aromatic heterocycles. The largest absolute Gasteiger partial charge is 0.508 e. The minimum Gasteiger partial charge on any atom is -0.508 e. The monoisotopic (exact) mass is 245 g/mol. The number of nitrogens with zero attached hydrogens (tertiary/aromatic N) is 1. The number of alkyl halides is 1. The van der Waals surface area contributed by atoms with Gasteiger partial charge in [-0.25, -0.2) is 0 Å². The van der Waals surface area contributed by atoms with Crippen molar-refractivity contribution in [3.05, 3.63) is 33.9 Å². The maximum Gasteiger partial charge on any atom is 0.270 e. The lowest BCUT2D eigenvalue weighted by molar-refractivity contribution is -0.384. The Labute approximate surface area is 83.5 Å². The van der Waals surface area contributed by atoms with Gasteiger partial charge in [0.1, 0.15) is 5.75 Å². The molecule has 0 aliphatic rings. The third-order valence-electron chi connectivity index (χ3n) is 1.65. The smallest absolute Gasteiger partial charge is 0.270 e. The van der Waals surface area contributed by atoms with E-state index < -0.39 is 4.92 Å². The third kappa shape index (κ3) is 2.18. The minimum atomic E-state index is -0.488. The van der Waals surface area contributed by atoms with Gasteiger partial charge >= 0.3 is 0 Å². The predicted octanol–water partition coefficient (Wildman–Crippen LogP) is 2.76. The Morgan fingerprint density at radius 3 is 2.69 bits per heavy atom. The van der Waals surface area contributed by atoms with Gasteiger partial charge in [-0.1, -0.05) is 15.9 Å². The molecule has 1 aromatic carbocycles. The zero-order valence-corrected chi connectivity index (χ0v) is 8.48. The molecule has 0 amide bonds. The summed E-state index contributed by atoms with van der Waals surface area (Å²) in [5.74, 6) is 0.0648. The van der Waals surface area contributed by atoms with Crippen molar-refractivity contribution in [2.24, 2.45) is 0 Å². The number of halogens is 1. The standard InChI is InChI=1S/C8H8BrNO3/c1-5(9)7-4-6(10(12)13)2-3-8(7)11/h2-5,11H,1H3. The van der Waals surface area contributed by atoms with E-state index in [1.54, 1.807) is 6.92 Å². The van der Waals surface area contributed by atoms with Crippen molar-refractivity contribution in [1.82, 2.24) is 0 Å². The van der Waals surface area contributed by atoms with Crippen molar-refractivity contribution < 1.29 is 10.0 Å². The average molecular weight is 246 g/mol. The van der Waals surface area contributed by atoms with Crippen LogP contribution in [0.2, 0.25) is 0 Å². The summed E-state index contributed by atoms with van der Waals surface area (Å²) in [5, 5.41) is 19.7. The van der Waals surface area contributed by atoms with Gasteiger partial charge in [-0.2, -0.15) is 0 Å². The van der Waals surface area contributed by atoms with Crippen LogP contribution in [-0.4, -0.2) is 10.0 Å². The minimum absolute atomic E-state index is 0.0147. The van der Waals surface area contributed by atoms with Gasteiger partial charge in [-0.3, -0.25) is 10.1 Å². The highest BCUT2D eigenvalue weighted by Gasteiger charge is 2.12. The van der Waals surface area contributed by atoms with Crippen molar-refractivity contribution >= 4 is 21.6 Å². The number of phenols is 1. The maximum atomic E-state index is 10.4. The Morgan fingerprint density at radius 1 is 1.62 bits per heavy atom. The van der Waals surface area contributed by atoms with E-state index >= 15 is 0 Å². The van der Waals surface area contributed by atoms with Crippen molar-refractivity contribution in [2.75, 3.05) is 0 Å². The van der Waals surface area contributed by atoms with Gasteiger partial charge < -0.3 is 5.11 Å². The molecule has 0 spiro atoms.